The first-order valence-corrected chi connectivity index (χ1v) is 7.15. The molecule has 2 saturated carbocycles. The van der Waals surface area contributed by atoms with Crippen molar-refractivity contribution in [3.05, 3.63) is 23.8 Å². The highest BCUT2D eigenvalue weighted by molar-refractivity contribution is 5.40. The van der Waals surface area contributed by atoms with Crippen molar-refractivity contribution in [1.82, 2.24) is 0 Å². The van der Waals surface area contributed by atoms with Crippen LogP contribution in [0.1, 0.15) is 37.4 Å². The fraction of sp³-hybridized carbons (Fsp3) is 0.625. The monoisotopic (exact) mass is 262 g/mol. The minimum atomic E-state index is -0.378. The van der Waals surface area contributed by atoms with Crippen molar-refractivity contribution >= 4 is 0 Å². The van der Waals surface area contributed by atoms with Crippen LogP contribution in [0.4, 0.5) is 0 Å². The van der Waals surface area contributed by atoms with E-state index in [1.165, 1.54) is 25.7 Å². The van der Waals surface area contributed by atoms with Crippen LogP contribution >= 0.6 is 0 Å². The van der Waals surface area contributed by atoms with Crippen LogP contribution < -0.4 is 9.47 Å². The Labute approximate surface area is 114 Å². The van der Waals surface area contributed by atoms with E-state index in [-0.39, 0.29) is 6.10 Å². The Morgan fingerprint density at radius 3 is 2.00 bits per heavy atom. The number of rotatable bonds is 4. The number of aliphatic hydroxyl groups is 1. The lowest BCUT2D eigenvalue weighted by Gasteiger charge is -2.14. The number of hydrogen-bond acceptors (Lipinski definition) is 3. The Hall–Kier alpha value is -1.22. The molecule has 1 aromatic carbocycles. The van der Waals surface area contributed by atoms with Crippen molar-refractivity contribution in [1.29, 1.82) is 0 Å². The zero-order valence-electron chi connectivity index (χ0n) is 11.6. The molecule has 1 N–H and O–H groups in total. The van der Waals surface area contributed by atoms with Gasteiger partial charge < -0.3 is 14.6 Å². The van der Waals surface area contributed by atoms with Crippen LogP contribution in [0, 0.1) is 17.8 Å². The van der Waals surface area contributed by atoms with E-state index in [0.29, 0.717) is 5.92 Å². The summed E-state index contributed by atoms with van der Waals surface area (Å²) in [4.78, 5) is 0. The van der Waals surface area contributed by atoms with Gasteiger partial charge in [-0.3, -0.25) is 0 Å². The Morgan fingerprint density at radius 1 is 1.00 bits per heavy atom. The summed E-state index contributed by atoms with van der Waals surface area (Å²) < 4.78 is 10.6. The van der Waals surface area contributed by atoms with E-state index in [1.807, 2.05) is 18.2 Å². The van der Waals surface area contributed by atoms with Crippen molar-refractivity contribution in [2.75, 3.05) is 14.2 Å². The third-order valence-electron chi connectivity index (χ3n) is 4.80. The van der Waals surface area contributed by atoms with E-state index >= 15 is 0 Å². The van der Waals surface area contributed by atoms with Crippen LogP contribution in [-0.2, 0) is 0 Å². The fourth-order valence-corrected chi connectivity index (χ4v) is 3.74. The molecule has 0 bridgehead atoms. The first-order valence-electron chi connectivity index (χ1n) is 7.15. The van der Waals surface area contributed by atoms with Gasteiger partial charge in [0, 0.05) is 6.07 Å². The maximum atomic E-state index is 10.6. The number of ether oxygens (including phenoxy) is 2. The number of fused-ring (bicyclic) bond motifs is 1. The minimum absolute atomic E-state index is 0.378. The quantitative estimate of drug-likeness (QED) is 0.905. The average Bonchev–Trinajstić information content (AvgIpc) is 3.20. The van der Waals surface area contributed by atoms with Gasteiger partial charge >= 0.3 is 0 Å². The molecule has 0 aromatic heterocycles. The van der Waals surface area contributed by atoms with Gasteiger partial charge in [-0.15, -0.1) is 0 Å². The smallest absolute Gasteiger partial charge is 0.122 e. The second-order valence-corrected chi connectivity index (χ2v) is 5.78. The highest BCUT2D eigenvalue weighted by atomic mass is 16.5. The second kappa shape index (κ2) is 5.04. The molecule has 2 fully saturated rings. The van der Waals surface area contributed by atoms with E-state index in [0.717, 1.165) is 28.9 Å². The zero-order valence-corrected chi connectivity index (χ0v) is 11.6. The van der Waals surface area contributed by atoms with Crippen molar-refractivity contribution in [3.8, 4) is 11.5 Å². The van der Waals surface area contributed by atoms with Gasteiger partial charge in [0.1, 0.15) is 11.5 Å². The molecule has 104 valence electrons. The summed E-state index contributed by atoms with van der Waals surface area (Å²) in [6.07, 6.45) is 4.84. The molecule has 3 nitrogen and oxygen atoms in total. The van der Waals surface area contributed by atoms with E-state index < -0.39 is 0 Å². The molecule has 2 aliphatic carbocycles. The maximum absolute atomic E-state index is 10.6. The Morgan fingerprint density at radius 2 is 1.53 bits per heavy atom. The van der Waals surface area contributed by atoms with Gasteiger partial charge in [0.2, 0.25) is 0 Å². The lowest BCUT2D eigenvalue weighted by Crippen LogP contribution is -2.03. The summed E-state index contributed by atoms with van der Waals surface area (Å²) in [5.41, 5.74) is 0.926. The predicted octanol–water partition coefficient (Wildman–Crippen LogP) is 3.17. The van der Waals surface area contributed by atoms with Crippen LogP contribution in [-0.4, -0.2) is 19.3 Å². The molecular weight excluding hydrogens is 240 g/mol. The summed E-state index contributed by atoms with van der Waals surface area (Å²) in [7, 11) is 3.28. The molecule has 1 aromatic rings. The second-order valence-electron chi connectivity index (χ2n) is 5.78. The number of methoxy groups -OCH3 is 2. The predicted molar refractivity (Wildman–Crippen MR) is 73.4 cm³/mol. The summed E-state index contributed by atoms with van der Waals surface area (Å²) in [5, 5.41) is 10.6. The molecule has 2 aliphatic rings. The van der Waals surface area contributed by atoms with Crippen LogP contribution in [0.25, 0.3) is 0 Å². The van der Waals surface area contributed by atoms with Crippen LogP contribution in [0.3, 0.4) is 0 Å². The number of hydrogen-bond donors (Lipinski definition) is 1. The van der Waals surface area contributed by atoms with Crippen molar-refractivity contribution < 1.29 is 14.6 Å². The van der Waals surface area contributed by atoms with Crippen molar-refractivity contribution in [3.63, 3.8) is 0 Å². The first-order chi connectivity index (χ1) is 9.24. The largest absolute Gasteiger partial charge is 0.497 e. The van der Waals surface area contributed by atoms with E-state index in [4.69, 9.17) is 9.47 Å². The van der Waals surface area contributed by atoms with Gasteiger partial charge in [-0.1, -0.05) is 12.8 Å². The zero-order chi connectivity index (χ0) is 13.4. The summed E-state index contributed by atoms with van der Waals surface area (Å²) >= 11 is 0. The molecule has 0 spiro atoms. The van der Waals surface area contributed by atoms with E-state index in [9.17, 15) is 5.11 Å². The molecule has 0 amide bonds. The summed E-state index contributed by atoms with van der Waals surface area (Å²) in [6.45, 7) is 0. The molecule has 0 heterocycles. The molecule has 3 rings (SSSR count). The number of aliphatic hydroxyl groups excluding tert-OH is 1. The van der Waals surface area contributed by atoms with Crippen LogP contribution in [0.5, 0.6) is 11.5 Å². The highest BCUT2D eigenvalue weighted by Crippen LogP contribution is 2.60. The lowest BCUT2D eigenvalue weighted by molar-refractivity contribution is 0.141. The standard InChI is InChI=1S/C16H22O3/c1-18-11-7-10(8-12(9-11)19-2)16(17)15-13-5-3-4-6-14(13)15/h7-9,13-17H,3-6H2,1-2H3. The summed E-state index contributed by atoms with van der Waals surface area (Å²) in [6, 6.07) is 5.70. The molecular formula is C16H22O3. The molecule has 3 heteroatoms. The van der Waals surface area contributed by atoms with Gasteiger partial charge in [0.15, 0.2) is 0 Å². The minimum Gasteiger partial charge on any atom is -0.497 e. The molecule has 0 radical (unpaired) electrons. The first kappa shape index (κ1) is 12.8. The highest BCUT2D eigenvalue weighted by Gasteiger charge is 2.54. The van der Waals surface area contributed by atoms with Gasteiger partial charge in [-0.05, 0) is 48.3 Å². The Kier molecular flexibility index (Phi) is 3.40. The molecule has 3 atom stereocenters. The molecule has 0 aliphatic heterocycles. The molecule has 19 heavy (non-hydrogen) atoms. The molecule has 3 unspecified atom stereocenters. The Balaban J connectivity index is 1.81. The van der Waals surface area contributed by atoms with Crippen molar-refractivity contribution in [2.24, 2.45) is 17.8 Å². The third-order valence-corrected chi connectivity index (χ3v) is 4.80. The average molecular weight is 262 g/mol. The fourth-order valence-electron chi connectivity index (χ4n) is 3.74. The number of benzene rings is 1. The van der Waals surface area contributed by atoms with Gasteiger partial charge in [-0.2, -0.15) is 0 Å². The molecule has 0 saturated heterocycles. The van der Waals surface area contributed by atoms with Crippen LogP contribution in [0.2, 0.25) is 0 Å². The lowest BCUT2D eigenvalue weighted by atomic mass is 10.0. The van der Waals surface area contributed by atoms with E-state index in [1.54, 1.807) is 14.2 Å². The van der Waals surface area contributed by atoms with Crippen molar-refractivity contribution in [2.45, 2.75) is 31.8 Å². The van der Waals surface area contributed by atoms with Gasteiger partial charge in [0.25, 0.3) is 0 Å². The van der Waals surface area contributed by atoms with Gasteiger partial charge in [0.05, 0.1) is 20.3 Å². The topological polar surface area (TPSA) is 38.7 Å². The maximum Gasteiger partial charge on any atom is 0.122 e. The normalized spacial score (nSPS) is 30.4. The van der Waals surface area contributed by atoms with E-state index in [2.05, 4.69) is 0 Å². The van der Waals surface area contributed by atoms with Crippen LogP contribution in [0.15, 0.2) is 18.2 Å². The SMILES string of the molecule is COc1cc(OC)cc(C(O)C2C3CCCCC32)c1. The van der Waals surface area contributed by atoms with Gasteiger partial charge in [-0.25, -0.2) is 0 Å². The summed E-state index contributed by atoms with van der Waals surface area (Å²) in [5.74, 6) is 3.41. The third kappa shape index (κ3) is 2.32. The Bertz CT molecular complexity index is 423.